The number of ether oxygens (including phenoxy) is 1. The molecular weight excluding hydrogens is 272 g/mol. The van der Waals surface area contributed by atoms with Crippen molar-refractivity contribution in [1.29, 1.82) is 0 Å². The fraction of sp³-hybridized carbons (Fsp3) is 0.714. The molecule has 2 rings (SSSR count). The minimum atomic E-state index is -0.503. The van der Waals surface area contributed by atoms with E-state index in [1.165, 1.54) is 0 Å². The Hall–Kier alpha value is -1.92. The summed E-state index contributed by atoms with van der Waals surface area (Å²) in [5.74, 6) is 0. The number of carbonyl (C=O) groups excluding carboxylic acids is 2. The fourth-order valence-corrected chi connectivity index (χ4v) is 2.42. The average Bonchev–Trinajstić information content (AvgIpc) is 2.85. The van der Waals surface area contributed by atoms with Crippen molar-refractivity contribution in [1.82, 2.24) is 19.9 Å². The molecule has 2 heterocycles. The van der Waals surface area contributed by atoms with Gasteiger partial charge in [0.25, 0.3) is 0 Å². The molecule has 7 heteroatoms. The normalized spacial score (nSPS) is 19.4. The zero-order valence-corrected chi connectivity index (χ0v) is 12.8. The quantitative estimate of drug-likeness (QED) is 0.795. The molecule has 1 aromatic heterocycles. The van der Waals surface area contributed by atoms with E-state index in [1.54, 1.807) is 15.8 Å². The Labute approximate surface area is 124 Å². The lowest BCUT2D eigenvalue weighted by molar-refractivity contribution is 0.00732. The van der Waals surface area contributed by atoms with Gasteiger partial charge in [0.15, 0.2) is 6.29 Å². The number of nitrogens with zero attached hydrogens (tertiary/aromatic N) is 4. The van der Waals surface area contributed by atoms with Crippen LogP contribution in [0.25, 0.3) is 0 Å². The molecule has 116 valence electrons. The first-order valence-electron chi connectivity index (χ1n) is 7.24. The molecular formula is C14H22N4O3. The average molecular weight is 294 g/mol. The number of hydrogen-bond acceptors (Lipinski definition) is 5. The van der Waals surface area contributed by atoms with Gasteiger partial charge < -0.3 is 9.64 Å². The van der Waals surface area contributed by atoms with Crippen molar-refractivity contribution < 1.29 is 14.3 Å². The molecule has 0 saturated carbocycles. The molecule has 1 fully saturated rings. The molecule has 0 radical (unpaired) electrons. The van der Waals surface area contributed by atoms with Gasteiger partial charge in [0.1, 0.15) is 11.3 Å². The van der Waals surface area contributed by atoms with Crippen molar-refractivity contribution in [2.75, 3.05) is 6.54 Å². The second-order valence-corrected chi connectivity index (χ2v) is 6.31. The van der Waals surface area contributed by atoms with Crippen molar-refractivity contribution in [3.05, 3.63) is 11.9 Å². The molecule has 0 unspecified atom stereocenters. The van der Waals surface area contributed by atoms with Crippen LogP contribution in [0, 0.1) is 0 Å². The summed E-state index contributed by atoms with van der Waals surface area (Å²) in [6.07, 6.45) is 4.91. The van der Waals surface area contributed by atoms with Crippen LogP contribution in [0.5, 0.6) is 0 Å². The van der Waals surface area contributed by atoms with E-state index in [0.29, 0.717) is 25.1 Å². The lowest BCUT2D eigenvalue weighted by Crippen LogP contribution is -2.47. The van der Waals surface area contributed by atoms with Gasteiger partial charge in [-0.3, -0.25) is 4.79 Å². The van der Waals surface area contributed by atoms with E-state index in [-0.39, 0.29) is 12.1 Å². The highest BCUT2D eigenvalue weighted by molar-refractivity contribution is 5.70. The number of likely N-dealkylation sites (tertiary alicyclic amines) is 1. The largest absolute Gasteiger partial charge is 0.444 e. The SMILES string of the molecule is CC(C)(C)OC(=O)N1CCCC[C@@H]1Cn1cc(C=O)nn1. The molecule has 7 nitrogen and oxygen atoms in total. The highest BCUT2D eigenvalue weighted by atomic mass is 16.6. The molecule has 0 bridgehead atoms. The first-order chi connectivity index (χ1) is 9.89. The molecule has 1 aromatic rings. The minimum absolute atomic E-state index is 0.0230. The summed E-state index contributed by atoms with van der Waals surface area (Å²) in [5.41, 5.74) is -0.202. The van der Waals surface area contributed by atoms with Crippen LogP contribution in [-0.4, -0.2) is 50.5 Å². The Balaban J connectivity index is 2.04. The van der Waals surface area contributed by atoms with Crippen LogP contribution >= 0.6 is 0 Å². The maximum Gasteiger partial charge on any atom is 0.410 e. The smallest absolute Gasteiger partial charge is 0.410 e. The lowest BCUT2D eigenvalue weighted by Gasteiger charge is -2.36. The van der Waals surface area contributed by atoms with Crippen LogP contribution in [0.2, 0.25) is 0 Å². The second kappa shape index (κ2) is 6.24. The van der Waals surface area contributed by atoms with Gasteiger partial charge in [0.2, 0.25) is 0 Å². The van der Waals surface area contributed by atoms with Crippen molar-refractivity contribution in [2.24, 2.45) is 0 Å². The van der Waals surface area contributed by atoms with Gasteiger partial charge in [-0.25, -0.2) is 9.48 Å². The summed E-state index contributed by atoms with van der Waals surface area (Å²) in [7, 11) is 0. The summed E-state index contributed by atoms with van der Waals surface area (Å²) in [6.45, 7) is 6.79. The molecule has 1 aliphatic rings. The number of aromatic nitrogens is 3. The van der Waals surface area contributed by atoms with E-state index in [1.807, 2.05) is 20.8 Å². The molecule has 1 amide bonds. The molecule has 1 aliphatic heterocycles. The molecule has 1 saturated heterocycles. The summed E-state index contributed by atoms with van der Waals surface area (Å²) in [5, 5.41) is 7.65. The first-order valence-corrected chi connectivity index (χ1v) is 7.24. The maximum absolute atomic E-state index is 12.3. The highest BCUT2D eigenvalue weighted by Gasteiger charge is 2.30. The van der Waals surface area contributed by atoms with Crippen LogP contribution < -0.4 is 0 Å². The Morgan fingerprint density at radius 2 is 2.24 bits per heavy atom. The van der Waals surface area contributed by atoms with Crippen molar-refractivity contribution >= 4 is 12.4 Å². The zero-order valence-electron chi connectivity index (χ0n) is 12.8. The van der Waals surface area contributed by atoms with E-state index in [4.69, 9.17) is 4.74 Å². The van der Waals surface area contributed by atoms with Crippen LogP contribution in [0.1, 0.15) is 50.5 Å². The van der Waals surface area contributed by atoms with Gasteiger partial charge in [-0.1, -0.05) is 5.21 Å². The van der Waals surface area contributed by atoms with E-state index < -0.39 is 5.60 Å². The van der Waals surface area contributed by atoms with Crippen molar-refractivity contribution in [2.45, 2.75) is 58.2 Å². The number of amides is 1. The Bertz CT molecular complexity index is 507. The summed E-state index contributed by atoms with van der Waals surface area (Å²) in [6, 6.07) is 0.0230. The van der Waals surface area contributed by atoms with Crippen LogP contribution in [0.15, 0.2) is 6.20 Å². The topological polar surface area (TPSA) is 77.3 Å². The lowest BCUT2D eigenvalue weighted by atomic mass is 10.0. The predicted molar refractivity (Wildman–Crippen MR) is 76.0 cm³/mol. The monoisotopic (exact) mass is 294 g/mol. The summed E-state index contributed by atoms with van der Waals surface area (Å²) in [4.78, 5) is 24.7. The number of carbonyl (C=O) groups is 2. The molecule has 0 aromatic carbocycles. The van der Waals surface area contributed by atoms with Crippen molar-refractivity contribution in [3.8, 4) is 0 Å². The van der Waals surface area contributed by atoms with Gasteiger partial charge in [-0.05, 0) is 40.0 Å². The van der Waals surface area contributed by atoms with E-state index in [9.17, 15) is 9.59 Å². The molecule has 0 aliphatic carbocycles. The standard InChI is InChI=1S/C14H22N4O3/c1-14(2,3)21-13(20)18-7-5-4-6-12(18)9-17-8-11(10-19)15-16-17/h8,10,12H,4-7,9H2,1-3H3/t12-/m1/s1. The third-order valence-electron chi connectivity index (χ3n) is 3.33. The van der Waals surface area contributed by atoms with E-state index >= 15 is 0 Å². The molecule has 0 spiro atoms. The van der Waals surface area contributed by atoms with Gasteiger partial charge >= 0.3 is 6.09 Å². The first kappa shape index (κ1) is 15.5. The third kappa shape index (κ3) is 4.27. The van der Waals surface area contributed by atoms with Gasteiger partial charge in [0.05, 0.1) is 18.8 Å². The number of piperidine rings is 1. The fourth-order valence-electron chi connectivity index (χ4n) is 2.42. The minimum Gasteiger partial charge on any atom is -0.444 e. The van der Waals surface area contributed by atoms with E-state index in [0.717, 1.165) is 19.3 Å². The maximum atomic E-state index is 12.3. The molecule has 1 atom stereocenters. The van der Waals surface area contributed by atoms with Gasteiger partial charge in [-0.2, -0.15) is 0 Å². The number of aldehydes is 1. The summed E-state index contributed by atoms with van der Waals surface area (Å²) < 4.78 is 7.07. The molecule has 21 heavy (non-hydrogen) atoms. The van der Waals surface area contributed by atoms with Gasteiger partial charge in [0, 0.05) is 6.54 Å². The summed E-state index contributed by atoms with van der Waals surface area (Å²) >= 11 is 0. The number of rotatable bonds is 3. The Morgan fingerprint density at radius 3 is 2.86 bits per heavy atom. The van der Waals surface area contributed by atoms with Crippen LogP contribution in [-0.2, 0) is 11.3 Å². The highest BCUT2D eigenvalue weighted by Crippen LogP contribution is 2.21. The predicted octanol–water partition coefficient (Wildman–Crippen LogP) is 1.88. The van der Waals surface area contributed by atoms with Gasteiger partial charge in [-0.15, -0.1) is 5.10 Å². The second-order valence-electron chi connectivity index (χ2n) is 6.31. The Morgan fingerprint density at radius 1 is 1.48 bits per heavy atom. The zero-order chi connectivity index (χ0) is 15.5. The molecule has 0 N–H and O–H groups in total. The van der Waals surface area contributed by atoms with E-state index in [2.05, 4.69) is 10.3 Å². The Kier molecular flexibility index (Phi) is 4.59. The third-order valence-corrected chi connectivity index (χ3v) is 3.33. The van der Waals surface area contributed by atoms with Crippen LogP contribution in [0.4, 0.5) is 4.79 Å². The van der Waals surface area contributed by atoms with Crippen molar-refractivity contribution in [3.63, 3.8) is 0 Å². The number of hydrogen-bond donors (Lipinski definition) is 0. The van der Waals surface area contributed by atoms with Crippen LogP contribution in [0.3, 0.4) is 0 Å².